The molecule has 1 aromatic heterocycles. The first-order valence-electron chi connectivity index (χ1n) is 7.38. The molecule has 0 saturated carbocycles. The zero-order chi connectivity index (χ0) is 14.8. The highest BCUT2D eigenvalue weighted by Gasteiger charge is 2.23. The topological polar surface area (TPSA) is 44.9 Å². The molecule has 1 aliphatic rings. The number of imidazole rings is 1. The highest BCUT2D eigenvalue weighted by Crippen LogP contribution is 2.29. The Morgan fingerprint density at radius 2 is 2.14 bits per heavy atom. The van der Waals surface area contributed by atoms with Crippen LogP contribution in [0.1, 0.15) is 30.3 Å². The molecule has 4 nitrogen and oxygen atoms in total. The third-order valence-electron chi connectivity index (χ3n) is 4.26. The van der Waals surface area contributed by atoms with E-state index in [4.69, 9.17) is 21.8 Å². The molecule has 2 heterocycles. The number of nitrogens with zero attached hydrogens (tertiary/aromatic N) is 4. The van der Waals surface area contributed by atoms with Crippen molar-refractivity contribution in [3.05, 3.63) is 29.6 Å². The number of hydrogen-bond acceptors (Lipinski definition) is 3. The van der Waals surface area contributed by atoms with Crippen molar-refractivity contribution in [2.75, 3.05) is 26.0 Å². The Hall–Kier alpha value is -1.57. The van der Waals surface area contributed by atoms with Gasteiger partial charge in [0, 0.05) is 18.3 Å². The van der Waals surface area contributed by atoms with Gasteiger partial charge in [0.25, 0.3) is 0 Å². The molecule has 2 aromatic rings. The van der Waals surface area contributed by atoms with E-state index in [1.165, 1.54) is 0 Å². The molecule has 0 N–H and O–H groups in total. The quantitative estimate of drug-likeness (QED) is 0.819. The van der Waals surface area contributed by atoms with Gasteiger partial charge in [0.1, 0.15) is 5.82 Å². The minimum absolute atomic E-state index is 0.457. The van der Waals surface area contributed by atoms with E-state index in [0.717, 1.165) is 49.2 Å². The Morgan fingerprint density at radius 3 is 2.81 bits per heavy atom. The molecule has 0 aliphatic carbocycles. The summed E-state index contributed by atoms with van der Waals surface area (Å²) >= 11 is 5.94. The third kappa shape index (κ3) is 2.76. The fourth-order valence-electron chi connectivity index (χ4n) is 3.13. The number of likely N-dealkylation sites (tertiary alicyclic amines) is 1. The molecular weight excluding hydrogens is 284 g/mol. The number of nitriles is 1. The Kier molecular flexibility index (Phi) is 4.14. The molecule has 0 radical (unpaired) electrons. The monoisotopic (exact) mass is 302 g/mol. The summed E-state index contributed by atoms with van der Waals surface area (Å²) in [4.78, 5) is 7.09. The normalized spacial score (nSPS) is 17.2. The van der Waals surface area contributed by atoms with E-state index in [9.17, 15) is 0 Å². The van der Waals surface area contributed by atoms with Crippen LogP contribution in [0.2, 0.25) is 0 Å². The number of hydrogen-bond donors (Lipinski definition) is 0. The standard InChI is InChI=1S/C16H19ClN4/c1-20-8-5-13(6-9-20)21-15-10-12(11-18)2-3-14(15)19-16(21)4-7-17/h2-3,10,13H,4-9H2,1H3. The van der Waals surface area contributed by atoms with Crippen molar-refractivity contribution in [2.45, 2.75) is 25.3 Å². The van der Waals surface area contributed by atoms with E-state index in [0.29, 0.717) is 17.5 Å². The first kappa shape index (κ1) is 14.4. The summed E-state index contributed by atoms with van der Waals surface area (Å²) in [6.45, 7) is 2.20. The van der Waals surface area contributed by atoms with Gasteiger partial charge in [-0.15, -0.1) is 11.6 Å². The molecule has 110 valence electrons. The fourth-order valence-corrected chi connectivity index (χ4v) is 3.30. The maximum absolute atomic E-state index is 9.14. The van der Waals surface area contributed by atoms with Crippen LogP contribution in [-0.4, -0.2) is 40.5 Å². The lowest BCUT2D eigenvalue weighted by atomic mass is 10.0. The smallest absolute Gasteiger partial charge is 0.111 e. The largest absolute Gasteiger partial charge is 0.325 e. The van der Waals surface area contributed by atoms with Crippen LogP contribution in [0.25, 0.3) is 11.0 Å². The Balaban J connectivity index is 2.08. The lowest BCUT2D eigenvalue weighted by Crippen LogP contribution is -2.32. The highest BCUT2D eigenvalue weighted by molar-refractivity contribution is 6.17. The van der Waals surface area contributed by atoms with Gasteiger partial charge in [0.2, 0.25) is 0 Å². The van der Waals surface area contributed by atoms with Gasteiger partial charge in [0.05, 0.1) is 22.7 Å². The van der Waals surface area contributed by atoms with Gasteiger partial charge in [-0.1, -0.05) is 0 Å². The summed E-state index contributed by atoms with van der Waals surface area (Å²) in [5.41, 5.74) is 2.73. The van der Waals surface area contributed by atoms with E-state index in [1.54, 1.807) is 0 Å². The van der Waals surface area contributed by atoms with Gasteiger partial charge < -0.3 is 9.47 Å². The average Bonchev–Trinajstić information content (AvgIpc) is 2.85. The molecule has 0 bridgehead atoms. The maximum Gasteiger partial charge on any atom is 0.111 e. The van der Waals surface area contributed by atoms with E-state index >= 15 is 0 Å². The van der Waals surface area contributed by atoms with Crippen LogP contribution in [0.5, 0.6) is 0 Å². The molecule has 21 heavy (non-hydrogen) atoms. The van der Waals surface area contributed by atoms with Crippen LogP contribution < -0.4 is 0 Å². The predicted octanol–water partition coefficient (Wildman–Crippen LogP) is 2.96. The van der Waals surface area contributed by atoms with Crippen molar-refractivity contribution in [3.63, 3.8) is 0 Å². The minimum Gasteiger partial charge on any atom is -0.325 e. The zero-order valence-corrected chi connectivity index (χ0v) is 13.0. The van der Waals surface area contributed by atoms with Crippen LogP contribution in [0.4, 0.5) is 0 Å². The molecular formula is C16H19ClN4. The Labute approximate surface area is 129 Å². The highest BCUT2D eigenvalue weighted by atomic mass is 35.5. The number of aromatic nitrogens is 2. The van der Waals surface area contributed by atoms with Gasteiger partial charge in [-0.3, -0.25) is 0 Å². The van der Waals surface area contributed by atoms with Crippen LogP contribution in [0.3, 0.4) is 0 Å². The van der Waals surface area contributed by atoms with Crippen molar-refractivity contribution in [2.24, 2.45) is 0 Å². The van der Waals surface area contributed by atoms with Crippen LogP contribution in [-0.2, 0) is 6.42 Å². The first-order valence-corrected chi connectivity index (χ1v) is 7.92. The molecule has 3 rings (SSSR count). The summed E-state index contributed by atoms with van der Waals surface area (Å²) in [6.07, 6.45) is 3.01. The summed E-state index contributed by atoms with van der Waals surface area (Å²) < 4.78 is 2.32. The summed E-state index contributed by atoms with van der Waals surface area (Å²) in [5.74, 6) is 1.62. The minimum atomic E-state index is 0.457. The second-order valence-corrected chi connectivity index (χ2v) is 6.06. The lowest BCUT2D eigenvalue weighted by Gasteiger charge is -2.31. The number of halogens is 1. The molecule has 1 saturated heterocycles. The molecule has 0 unspecified atom stereocenters. The van der Waals surface area contributed by atoms with Gasteiger partial charge in [-0.05, 0) is 51.2 Å². The molecule has 1 aromatic carbocycles. The van der Waals surface area contributed by atoms with Crippen molar-refractivity contribution in [3.8, 4) is 6.07 Å². The molecule has 0 spiro atoms. The fraction of sp³-hybridized carbons (Fsp3) is 0.500. The first-order chi connectivity index (χ1) is 10.2. The van der Waals surface area contributed by atoms with Gasteiger partial charge >= 0.3 is 0 Å². The predicted molar refractivity (Wildman–Crippen MR) is 84.6 cm³/mol. The maximum atomic E-state index is 9.14. The van der Waals surface area contributed by atoms with E-state index in [-0.39, 0.29) is 0 Å². The van der Waals surface area contributed by atoms with Crippen molar-refractivity contribution in [1.29, 1.82) is 5.26 Å². The van der Waals surface area contributed by atoms with Crippen LogP contribution in [0.15, 0.2) is 18.2 Å². The molecule has 0 atom stereocenters. The summed E-state index contributed by atoms with van der Waals surface area (Å²) in [7, 11) is 2.16. The second-order valence-electron chi connectivity index (χ2n) is 5.69. The van der Waals surface area contributed by atoms with Crippen LogP contribution >= 0.6 is 11.6 Å². The summed E-state index contributed by atoms with van der Waals surface area (Å²) in [6, 6.07) is 8.41. The zero-order valence-electron chi connectivity index (χ0n) is 12.2. The van der Waals surface area contributed by atoms with Crippen LogP contribution in [0, 0.1) is 11.3 Å². The Morgan fingerprint density at radius 1 is 1.38 bits per heavy atom. The molecule has 1 aliphatic heterocycles. The lowest BCUT2D eigenvalue weighted by molar-refractivity contribution is 0.221. The third-order valence-corrected chi connectivity index (χ3v) is 4.45. The van der Waals surface area contributed by atoms with Crippen molar-refractivity contribution >= 4 is 22.6 Å². The Bertz CT molecular complexity index is 677. The number of alkyl halides is 1. The van der Waals surface area contributed by atoms with Gasteiger partial charge in [0.15, 0.2) is 0 Å². The number of benzene rings is 1. The van der Waals surface area contributed by atoms with Gasteiger partial charge in [-0.2, -0.15) is 5.26 Å². The number of piperidine rings is 1. The van der Waals surface area contributed by atoms with E-state index in [2.05, 4.69) is 22.6 Å². The van der Waals surface area contributed by atoms with Gasteiger partial charge in [-0.25, -0.2) is 4.98 Å². The van der Waals surface area contributed by atoms with Crippen molar-refractivity contribution in [1.82, 2.24) is 14.5 Å². The number of aryl methyl sites for hydroxylation is 1. The summed E-state index contributed by atoms with van der Waals surface area (Å²) in [5, 5.41) is 9.14. The number of rotatable bonds is 3. The molecule has 1 fully saturated rings. The van der Waals surface area contributed by atoms with Crippen molar-refractivity contribution < 1.29 is 0 Å². The second kappa shape index (κ2) is 6.05. The SMILES string of the molecule is CN1CCC(n2c(CCCl)nc3ccc(C#N)cc32)CC1. The van der Waals surface area contributed by atoms with E-state index < -0.39 is 0 Å². The molecule has 0 amide bonds. The molecule has 5 heteroatoms. The van der Waals surface area contributed by atoms with E-state index in [1.807, 2.05) is 18.2 Å². The number of fused-ring (bicyclic) bond motifs is 1. The average molecular weight is 303 g/mol.